The number of aromatic nitrogens is 3. The predicted molar refractivity (Wildman–Crippen MR) is 116 cm³/mol. The van der Waals surface area contributed by atoms with Gasteiger partial charge in [-0.2, -0.15) is 13.2 Å². The van der Waals surface area contributed by atoms with Crippen LogP contribution in [0.4, 0.5) is 19.1 Å². The van der Waals surface area contributed by atoms with E-state index in [1.54, 1.807) is 12.3 Å². The number of benzene rings is 1. The van der Waals surface area contributed by atoms with Crippen molar-refractivity contribution in [2.45, 2.75) is 31.2 Å². The molecule has 10 heteroatoms. The van der Waals surface area contributed by atoms with Crippen molar-refractivity contribution >= 4 is 22.9 Å². The molecule has 3 heterocycles. The second-order valence-electron chi connectivity index (χ2n) is 7.87. The van der Waals surface area contributed by atoms with Gasteiger partial charge < -0.3 is 15.7 Å². The number of hydrogen-bond donors (Lipinski definition) is 3. The summed E-state index contributed by atoms with van der Waals surface area (Å²) >= 11 is 1.51. The Morgan fingerprint density at radius 2 is 2.06 bits per heavy atom. The van der Waals surface area contributed by atoms with Crippen LogP contribution in [0.25, 0.3) is 16.1 Å². The van der Waals surface area contributed by atoms with E-state index in [-0.39, 0.29) is 17.7 Å². The Labute approximate surface area is 186 Å². The number of fused-ring (bicyclic) bond motifs is 1. The molecule has 2 atom stereocenters. The molecule has 1 aliphatic heterocycles. The van der Waals surface area contributed by atoms with Crippen molar-refractivity contribution in [2.24, 2.45) is 0 Å². The molecule has 3 N–H and O–H groups in total. The van der Waals surface area contributed by atoms with E-state index >= 15 is 0 Å². The van der Waals surface area contributed by atoms with Gasteiger partial charge in [0, 0.05) is 48.0 Å². The van der Waals surface area contributed by atoms with Crippen molar-refractivity contribution in [1.29, 1.82) is 0 Å². The zero-order valence-electron chi connectivity index (χ0n) is 16.9. The Morgan fingerprint density at radius 3 is 2.81 bits per heavy atom. The number of rotatable bonds is 4. The topological polar surface area (TPSA) is 83.0 Å². The molecule has 32 heavy (non-hydrogen) atoms. The molecule has 1 aromatic carbocycles. The molecule has 0 unspecified atom stereocenters. The molecule has 0 bridgehead atoms. The van der Waals surface area contributed by atoms with Crippen LogP contribution in [0.2, 0.25) is 0 Å². The third kappa shape index (κ3) is 4.13. The van der Waals surface area contributed by atoms with Crippen LogP contribution >= 0.6 is 11.3 Å². The van der Waals surface area contributed by atoms with Crippen molar-refractivity contribution in [3.8, 4) is 10.6 Å². The lowest BCUT2D eigenvalue weighted by Crippen LogP contribution is -2.46. The largest absolute Gasteiger partial charge is 0.419 e. The predicted octanol–water partition coefficient (Wildman–Crippen LogP) is 3.74. The van der Waals surface area contributed by atoms with Gasteiger partial charge in [-0.05, 0) is 30.0 Å². The lowest BCUT2D eigenvalue weighted by Gasteiger charge is -2.27. The number of β-amino-alcohol motifs (C(OH)–C–C–N with tert-alkyl or cyclic N) is 1. The molecule has 0 spiro atoms. The highest BCUT2D eigenvalue weighted by Gasteiger charge is 2.37. The van der Waals surface area contributed by atoms with Gasteiger partial charge in [0.05, 0.1) is 11.8 Å². The van der Waals surface area contributed by atoms with Crippen LogP contribution in [-0.4, -0.2) is 45.3 Å². The first-order valence-corrected chi connectivity index (χ1v) is 11.1. The highest BCUT2D eigenvalue weighted by atomic mass is 32.1. The average Bonchev–Trinajstić information content (AvgIpc) is 3.42. The maximum atomic E-state index is 13.8. The number of halogens is 3. The van der Waals surface area contributed by atoms with Crippen LogP contribution in [0, 0.1) is 0 Å². The van der Waals surface area contributed by atoms with E-state index in [2.05, 4.69) is 25.6 Å². The van der Waals surface area contributed by atoms with Crippen LogP contribution in [-0.2, 0) is 12.6 Å². The number of alkyl halides is 3. The summed E-state index contributed by atoms with van der Waals surface area (Å²) in [6, 6.07) is 5.51. The Hall–Kier alpha value is -2.82. The van der Waals surface area contributed by atoms with Crippen LogP contribution < -0.4 is 10.6 Å². The highest BCUT2D eigenvalue weighted by molar-refractivity contribution is 7.13. The van der Waals surface area contributed by atoms with E-state index in [0.717, 1.165) is 27.9 Å². The molecule has 1 saturated heterocycles. The molecule has 1 aliphatic carbocycles. The number of thiazole rings is 1. The highest BCUT2D eigenvalue weighted by Crippen LogP contribution is 2.40. The number of anilines is 1. The summed E-state index contributed by atoms with van der Waals surface area (Å²) in [6.07, 6.45) is 0.226. The quantitative estimate of drug-likeness (QED) is 0.552. The minimum atomic E-state index is -4.58. The van der Waals surface area contributed by atoms with E-state index in [9.17, 15) is 18.3 Å². The molecule has 2 aliphatic rings. The maximum absolute atomic E-state index is 13.8. The maximum Gasteiger partial charge on any atom is 0.419 e. The minimum absolute atomic E-state index is 0.114. The van der Waals surface area contributed by atoms with Crippen molar-refractivity contribution in [3.63, 3.8) is 0 Å². The molecule has 1 fully saturated rings. The van der Waals surface area contributed by atoms with Crippen LogP contribution in [0.15, 0.2) is 42.0 Å². The van der Waals surface area contributed by atoms with Crippen molar-refractivity contribution < 1.29 is 18.3 Å². The van der Waals surface area contributed by atoms with Gasteiger partial charge in [0.2, 0.25) is 5.95 Å². The summed E-state index contributed by atoms with van der Waals surface area (Å²) < 4.78 is 41.4. The molecule has 0 saturated carbocycles. The first kappa shape index (κ1) is 21.0. The van der Waals surface area contributed by atoms with Gasteiger partial charge in [-0.15, -0.1) is 11.3 Å². The molecule has 0 amide bonds. The fraction of sp³-hybridized carbons (Fsp3) is 0.318. The Kier molecular flexibility index (Phi) is 5.44. The summed E-state index contributed by atoms with van der Waals surface area (Å²) in [5.41, 5.74) is 2.06. The van der Waals surface area contributed by atoms with Gasteiger partial charge >= 0.3 is 6.18 Å². The second kappa shape index (κ2) is 8.27. The molecule has 166 valence electrons. The number of piperidine rings is 1. The molecule has 5 rings (SSSR count). The van der Waals surface area contributed by atoms with Gasteiger partial charge in [-0.3, -0.25) is 0 Å². The number of aliphatic hydroxyl groups is 1. The summed E-state index contributed by atoms with van der Waals surface area (Å²) in [6.45, 7) is 1.06. The first-order chi connectivity index (χ1) is 15.4. The number of nitrogens with zero attached hydrogens (tertiary/aromatic N) is 3. The number of allylic oxidation sites excluding steroid dienone is 1. The van der Waals surface area contributed by atoms with Crippen molar-refractivity contribution in [2.75, 3.05) is 18.4 Å². The molecular formula is C22H20F3N5OS. The van der Waals surface area contributed by atoms with E-state index in [4.69, 9.17) is 0 Å². The molecule has 2 aromatic heterocycles. The van der Waals surface area contributed by atoms with E-state index in [1.807, 2.05) is 23.6 Å². The molecular weight excluding hydrogens is 439 g/mol. The Balaban J connectivity index is 1.50. The number of hydrogen-bond acceptors (Lipinski definition) is 7. The van der Waals surface area contributed by atoms with Crippen molar-refractivity contribution in [3.05, 3.63) is 64.4 Å². The van der Waals surface area contributed by atoms with Gasteiger partial charge in [0.25, 0.3) is 0 Å². The van der Waals surface area contributed by atoms with Gasteiger partial charge in [0.1, 0.15) is 10.6 Å². The average molecular weight is 459 g/mol. The van der Waals surface area contributed by atoms with E-state index in [1.165, 1.54) is 11.3 Å². The third-order valence-electron chi connectivity index (χ3n) is 5.61. The number of aliphatic hydroxyl groups excluding tert-OH is 1. The zero-order chi connectivity index (χ0) is 22.3. The van der Waals surface area contributed by atoms with Gasteiger partial charge in [0.15, 0.2) is 0 Å². The first-order valence-electron chi connectivity index (χ1n) is 10.2. The van der Waals surface area contributed by atoms with Gasteiger partial charge in [-0.1, -0.05) is 18.2 Å². The van der Waals surface area contributed by atoms with E-state index in [0.29, 0.717) is 31.5 Å². The lowest BCUT2D eigenvalue weighted by molar-refractivity contribution is -0.138. The summed E-state index contributed by atoms with van der Waals surface area (Å²) in [5, 5.41) is 18.7. The molecule has 0 radical (unpaired) electrons. The molecule has 3 aromatic rings. The lowest BCUT2D eigenvalue weighted by atomic mass is 9.98. The summed E-state index contributed by atoms with van der Waals surface area (Å²) in [5.74, 6) is 0.114. The van der Waals surface area contributed by atoms with E-state index < -0.39 is 17.8 Å². The third-order valence-corrected chi connectivity index (χ3v) is 6.43. The Bertz CT molecular complexity index is 1160. The zero-order valence-corrected chi connectivity index (χ0v) is 17.7. The second-order valence-corrected chi connectivity index (χ2v) is 8.77. The van der Waals surface area contributed by atoms with Crippen molar-refractivity contribution in [1.82, 2.24) is 20.3 Å². The Morgan fingerprint density at radius 1 is 1.19 bits per heavy atom. The number of nitrogens with one attached hydrogen (secondary N) is 2. The smallest absolute Gasteiger partial charge is 0.392 e. The fourth-order valence-corrected chi connectivity index (χ4v) is 4.78. The van der Waals surface area contributed by atoms with Gasteiger partial charge in [-0.25, -0.2) is 15.0 Å². The standard InChI is InChI=1S/C22H20F3N5OS/c23-22(24,25)18-11-28-21(29-14-8-15(31)10-26-9-14)30-19(18)17-4-1-12-7-13(2-3-16(12)17)20-27-5-6-32-20/h2-7,11,14-15,26,31H,1,8-10H2,(H,28,29,30)/t14-,15+/m0/s1. The summed E-state index contributed by atoms with van der Waals surface area (Å²) in [4.78, 5) is 12.5. The molecule has 6 nitrogen and oxygen atoms in total. The summed E-state index contributed by atoms with van der Waals surface area (Å²) in [7, 11) is 0. The fourth-order valence-electron chi connectivity index (χ4n) is 4.15. The van der Waals surface area contributed by atoms with Crippen LogP contribution in [0.5, 0.6) is 0 Å². The monoisotopic (exact) mass is 459 g/mol. The van der Waals surface area contributed by atoms with Crippen LogP contribution in [0.1, 0.15) is 28.8 Å². The van der Waals surface area contributed by atoms with Crippen LogP contribution in [0.3, 0.4) is 0 Å². The SMILES string of the molecule is O[C@H]1CNC[C@@H](Nc2ncc(C(F)(F)F)c(C3=CCc4cc(-c5nccs5)ccc43)n2)C1. The minimum Gasteiger partial charge on any atom is -0.392 e. The normalized spacial score (nSPS) is 20.7.